The number of aromatic nitrogens is 9. The van der Waals surface area contributed by atoms with Crippen molar-refractivity contribution in [2.45, 2.75) is 75.5 Å². The number of unbranched alkanes of at least 4 members (excludes halogenated alkanes) is 2. The number of ether oxygens (including phenoxy) is 3. The molecule has 0 spiro atoms. The van der Waals surface area contributed by atoms with Gasteiger partial charge in [-0.2, -0.15) is 15.0 Å². The summed E-state index contributed by atoms with van der Waals surface area (Å²) >= 11 is 0. The first-order valence-corrected chi connectivity index (χ1v) is 23.5. The van der Waals surface area contributed by atoms with Crippen molar-refractivity contribution in [3.8, 4) is 12.3 Å². The number of rotatable bonds is 31. The van der Waals surface area contributed by atoms with E-state index in [0.717, 1.165) is 12.8 Å². The van der Waals surface area contributed by atoms with E-state index in [0.29, 0.717) is 160 Å². The number of carbonyl (C=O) groups excluding carboxylic acids is 4. The standard InChI is InChI=1S/C42H70N20O7/c1-2-20-67-22-24-69-25-23-68-21-11-49-40-50-41(59-16-12-57(13-17-59)38(65)34(7-3-5-9-43)61-28-32(53-55-61)30(45)26-36(47)63)52-42(51-40)60-18-14-58(15-19-60)39(66)35(8-4-6-10-44)62-29-33(54-56-62)31(46)27-37(48)64/h1,28-31,34-35H,3-27,43-46H2,(H2,47,63)(H2,48,64)(H,49,50,51,52)/t30-,31-,34-,35-/m0/s1. The van der Waals surface area contributed by atoms with E-state index in [2.05, 4.69) is 31.9 Å². The number of carbonyl (C=O) groups is 4. The topological polar surface area (TPSA) is 377 Å². The summed E-state index contributed by atoms with van der Waals surface area (Å²) in [7, 11) is 0. The number of hydrogen-bond donors (Lipinski definition) is 7. The number of nitrogens with zero attached hydrogens (tertiary/aromatic N) is 13. The molecule has 5 heterocycles. The van der Waals surface area contributed by atoms with Crippen LogP contribution in [0.2, 0.25) is 0 Å². The molecule has 3 aromatic rings. The molecular formula is C42H70N20O7. The van der Waals surface area contributed by atoms with E-state index < -0.39 is 36.0 Å². The van der Waals surface area contributed by atoms with Crippen LogP contribution in [0, 0.1) is 12.3 Å². The van der Waals surface area contributed by atoms with E-state index in [1.807, 2.05) is 9.80 Å². The van der Waals surface area contributed by atoms with Crippen LogP contribution in [0.1, 0.15) is 86.9 Å². The summed E-state index contributed by atoms with van der Waals surface area (Å²) in [6.07, 6.45) is 12.0. The molecule has 0 unspecified atom stereocenters. The third-order valence-electron chi connectivity index (χ3n) is 11.5. The number of nitrogens with two attached hydrogens (primary N) is 6. The van der Waals surface area contributed by atoms with E-state index >= 15 is 0 Å². The van der Waals surface area contributed by atoms with Gasteiger partial charge in [-0.3, -0.25) is 19.2 Å². The summed E-state index contributed by atoms with van der Waals surface area (Å²) in [6, 6.07) is -2.80. The number of primary amides is 2. The van der Waals surface area contributed by atoms with Gasteiger partial charge in [0.25, 0.3) is 0 Å². The lowest BCUT2D eigenvalue weighted by atomic mass is 10.1. The Labute approximate surface area is 401 Å². The van der Waals surface area contributed by atoms with Gasteiger partial charge in [-0.05, 0) is 51.6 Å². The van der Waals surface area contributed by atoms with Crippen molar-refractivity contribution in [1.29, 1.82) is 0 Å². The van der Waals surface area contributed by atoms with E-state index in [-0.39, 0.29) is 31.3 Å². The predicted molar refractivity (Wildman–Crippen MR) is 253 cm³/mol. The van der Waals surface area contributed by atoms with Crippen LogP contribution in [0.15, 0.2) is 12.4 Å². The van der Waals surface area contributed by atoms with Gasteiger partial charge >= 0.3 is 0 Å². The molecule has 2 aliphatic heterocycles. The Morgan fingerprint density at radius 2 is 1.07 bits per heavy atom. The molecule has 5 rings (SSSR count). The maximum absolute atomic E-state index is 14.1. The zero-order chi connectivity index (χ0) is 49.5. The second kappa shape index (κ2) is 28.4. The minimum Gasteiger partial charge on any atom is -0.377 e. The van der Waals surface area contributed by atoms with Gasteiger partial charge in [0.2, 0.25) is 41.5 Å². The Morgan fingerprint density at radius 1 is 0.638 bits per heavy atom. The Kier molecular flexibility index (Phi) is 22.1. The zero-order valence-corrected chi connectivity index (χ0v) is 39.4. The van der Waals surface area contributed by atoms with Crippen molar-refractivity contribution >= 4 is 41.5 Å². The Balaban J connectivity index is 1.26. The van der Waals surface area contributed by atoms with E-state index in [1.54, 1.807) is 22.2 Å². The summed E-state index contributed by atoms with van der Waals surface area (Å²) in [5, 5.41) is 20.0. The highest BCUT2D eigenvalue weighted by molar-refractivity contribution is 5.81. The predicted octanol–water partition coefficient (Wildman–Crippen LogP) is -3.06. The molecule has 0 aliphatic carbocycles. The SMILES string of the molecule is C#CCOCCOCCOCCNc1nc(N2CCN(C(=O)[C@H](CCCCN)n3cc([C@@H](N)CC(N)=O)nn3)CC2)nc(N2CCN(C(=O)[C@H](CCCCN)n3cc([C@@H](N)CC(N)=O)nn3)CC2)n1. The van der Waals surface area contributed by atoms with Crippen molar-refractivity contribution in [2.75, 3.05) is 127 Å². The summed E-state index contributed by atoms with van der Waals surface area (Å²) < 4.78 is 19.5. The lowest BCUT2D eigenvalue weighted by Crippen LogP contribution is -2.52. The van der Waals surface area contributed by atoms with Gasteiger partial charge in [-0.25, -0.2) is 9.36 Å². The smallest absolute Gasteiger partial charge is 0.247 e. The molecular weight excluding hydrogens is 897 g/mol. The summed E-state index contributed by atoms with van der Waals surface area (Å²) in [6.45, 7) is 6.74. The molecule has 2 fully saturated rings. The number of nitrogens with one attached hydrogen (secondary N) is 1. The summed E-state index contributed by atoms with van der Waals surface area (Å²) in [5.74, 6) is 2.22. The lowest BCUT2D eigenvalue weighted by molar-refractivity contribution is -0.136. The minimum atomic E-state index is -0.746. The monoisotopic (exact) mass is 967 g/mol. The van der Waals surface area contributed by atoms with Crippen LogP contribution >= 0.6 is 0 Å². The molecule has 2 saturated heterocycles. The van der Waals surface area contributed by atoms with Gasteiger partial charge in [0.15, 0.2) is 0 Å². The highest BCUT2D eigenvalue weighted by Gasteiger charge is 2.33. The van der Waals surface area contributed by atoms with Gasteiger partial charge in [-0.1, -0.05) is 16.3 Å². The number of piperazine rings is 2. The minimum absolute atomic E-state index is 0.103. The Hall–Kier alpha value is -6.15. The lowest BCUT2D eigenvalue weighted by Gasteiger charge is -2.38. The van der Waals surface area contributed by atoms with Crippen molar-refractivity contribution in [1.82, 2.24) is 54.7 Å². The van der Waals surface area contributed by atoms with E-state index in [4.69, 9.17) is 70.0 Å². The van der Waals surface area contributed by atoms with Crippen LogP contribution in [0.5, 0.6) is 0 Å². The van der Waals surface area contributed by atoms with Crippen LogP contribution in [0.3, 0.4) is 0 Å². The maximum atomic E-state index is 14.1. The molecule has 3 aromatic heterocycles. The molecule has 4 amide bonds. The van der Waals surface area contributed by atoms with Crippen LogP contribution < -0.4 is 49.5 Å². The van der Waals surface area contributed by atoms with Crippen molar-refractivity contribution in [3.63, 3.8) is 0 Å². The number of amides is 4. The molecule has 0 bridgehead atoms. The highest BCUT2D eigenvalue weighted by atomic mass is 16.5. The second-order valence-corrected chi connectivity index (χ2v) is 16.7. The van der Waals surface area contributed by atoms with Gasteiger partial charge in [0.1, 0.15) is 18.7 Å². The summed E-state index contributed by atoms with van der Waals surface area (Å²) in [4.78, 5) is 73.4. The highest BCUT2D eigenvalue weighted by Crippen LogP contribution is 2.25. The van der Waals surface area contributed by atoms with Crippen molar-refractivity contribution in [2.24, 2.45) is 34.4 Å². The molecule has 4 atom stereocenters. The molecule has 27 heteroatoms. The fourth-order valence-corrected chi connectivity index (χ4v) is 7.77. The first-order chi connectivity index (χ1) is 33.4. The molecule has 27 nitrogen and oxygen atoms in total. The second-order valence-electron chi connectivity index (χ2n) is 16.7. The van der Waals surface area contributed by atoms with E-state index in [9.17, 15) is 19.2 Å². The van der Waals surface area contributed by atoms with Crippen LogP contribution in [-0.4, -0.2) is 190 Å². The fourth-order valence-electron chi connectivity index (χ4n) is 7.77. The van der Waals surface area contributed by atoms with Gasteiger partial charge in [-0.15, -0.1) is 16.6 Å². The molecule has 0 saturated carbocycles. The third kappa shape index (κ3) is 16.8. The number of hydrogen-bond acceptors (Lipinski definition) is 21. The van der Waals surface area contributed by atoms with Crippen LogP contribution in [0.4, 0.5) is 17.8 Å². The Morgan fingerprint density at radius 3 is 1.49 bits per heavy atom. The molecule has 0 radical (unpaired) electrons. The molecule has 13 N–H and O–H groups in total. The quantitative estimate of drug-likeness (QED) is 0.0249. The van der Waals surface area contributed by atoms with Crippen LogP contribution in [0.25, 0.3) is 0 Å². The van der Waals surface area contributed by atoms with Crippen molar-refractivity contribution < 1.29 is 33.4 Å². The van der Waals surface area contributed by atoms with Gasteiger partial charge < -0.3 is 73.5 Å². The normalized spacial score (nSPS) is 15.9. The number of terminal acetylenes is 1. The van der Waals surface area contributed by atoms with Crippen LogP contribution in [-0.2, 0) is 33.4 Å². The molecule has 69 heavy (non-hydrogen) atoms. The average molecular weight is 967 g/mol. The fraction of sp³-hybridized carbons (Fsp3) is 0.690. The largest absolute Gasteiger partial charge is 0.377 e. The zero-order valence-electron chi connectivity index (χ0n) is 39.4. The van der Waals surface area contributed by atoms with E-state index in [1.165, 1.54) is 9.36 Å². The molecule has 2 aliphatic rings. The first kappa shape index (κ1) is 53.8. The van der Waals surface area contributed by atoms with Gasteiger partial charge in [0, 0.05) is 71.7 Å². The molecule has 380 valence electrons. The Bertz CT molecular complexity index is 1980. The number of anilines is 3. The third-order valence-corrected chi connectivity index (χ3v) is 11.5. The maximum Gasteiger partial charge on any atom is 0.247 e. The summed E-state index contributed by atoms with van der Waals surface area (Å²) in [5.41, 5.74) is 35.3. The first-order valence-electron chi connectivity index (χ1n) is 23.5. The molecule has 0 aromatic carbocycles. The average Bonchev–Trinajstić information content (AvgIpc) is 4.05. The van der Waals surface area contributed by atoms with Crippen molar-refractivity contribution in [3.05, 3.63) is 23.8 Å². The van der Waals surface area contributed by atoms with Gasteiger partial charge in [0.05, 0.1) is 68.9 Å².